The lowest BCUT2D eigenvalue weighted by Crippen LogP contribution is -1.86. The predicted octanol–water partition coefficient (Wildman–Crippen LogP) is 3.20. The van der Waals surface area contributed by atoms with Crippen molar-refractivity contribution in [3.63, 3.8) is 0 Å². The summed E-state index contributed by atoms with van der Waals surface area (Å²) in [5.41, 5.74) is 6.04. The largest absolute Gasteiger partial charge is 0.256 e. The maximum atomic E-state index is 4.52. The van der Waals surface area contributed by atoms with E-state index < -0.39 is 0 Å². The SMILES string of the molecule is c1cnc2c(c1)Cc1cnc3ccccc3c1-2. The third-order valence-corrected chi connectivity index (χ3v) is 3.36. The van der Waals surface area contributed by atoms with E-state index in [9.17, 15) is 0 Å². The number of rotatable bonds is 0. The second kappa shape index (κ2) is 3.14. The number of benzene rings is 1. The Bertz CT molecular complexity index is 732. The summed E-state index contributed by atoms with van der Waals surface area (Å²) in [6.45, 7) is 0. The lowest BCUT2D eigenvalue weighted by molar-refractivity contribution is 1.21. The highest BCUT2D eigenvalue weighted by molar-refractivity contribution is 5.97. The minimum Gasteiger partial charge on any atom is -0.256 e. The van der Waals surface area contributed by atoms with E-state index in [-0.39, 0.29) is 0 Å². The average Bonchev–Trinajstić information content (AvgIpc) is 2.77. The Morgan fingerprint density at radius 3 is 2.82 bits per heavy atom. The highest BCUT2D eigenvalue weighted by Crippen LogP contribution is 2.38. The van der Waals surface area contributed by atoms with E-state index in [1.807, 2.05) is 24.5 Å². The van der Waals surface area contributed by atoms with Crippen LogP contribution in [0.5, 0.6) is 0 Å². The van der Waals surface area contributed by atoms with E-state index in [2.05, 4.69) is 34.2 Å². The van der Waals surface area contributed by atoms with Crippen LogP contribution in [-0.2, 0) is 6.42 Å². The molecular formula is C15H10N2. The summed E-state index contributed by atoms with van der Waals surface area (Å²) < 4.78 is 0. The molecular weight excluding hydrogens is 208 g/mol. The molecule has 1 aromatic carbocycles. The predicted molar refractivity (Wildman–Crippen MR) is 67.8 cm³/mol. The standard InChI is InChI=1S/C15H10N2/c1-2-6-13-12(5-1)14-11(9-17-13)8-10-4-3-7-16-15(10)14/h1-7,9H,8H2. The highest BCUT2D eigenvalue weighted by Gasteiger charge is 2.21. The van der Waals surface area contributed by atoms with Gasteiger partial charge in [0.15, 0.2) is 0 Å². The van der Waals surface area contributed by atoms with E-state index in [0.717, 1.165) is 17.6 Å². The zero-order valence-corrected chi connectivity index (χ0v) is 9.22. The van der Waals surface area contributed by atoms with Gasteiger partial charge in [0, 0.05) is 29.8 Å². The highest BCUT2D eigenvalue weighted by atomic mass is 14.7. The molecule has 0 amide bonds. The van der Waals surface area contributed by atoms with Gasteiger partial charge in [0.25, 0.3) is 0 Å². The van der Waals surface area contributed by atoms with Gasteiger partial charge in [-0.05, 0) is 23.3 Å². The van der Waals surface area contributed by atoms with Crippen molar-refractivity contribution in [2.45, 2.75) is 6.42 Å². The van der Waals surface area contributed by atoms with Gasteiger partial charge in [0.1, 0.15) is 0 Å². The number of para-hydroxylation sites is 1. The quantitative estimate of drug-likeness (QED) is 0.453. The van der Waals surface area contributed by atoms with E-state index in [4.69, 9.17) is 0 Å². The summed E-state index contributed by atoms with van der Waals surface area (Å²) >= 11 is 0. The number of hydrogen-bond acceptors (Lipinski definition) is 2. The Morgan fingerprint density at radius 2 is 1.82 bits per heavy atom. The number of pyridine rings is 2. The molecule has 0 atom stereocenters. The maximum Gasteiger partial charge on any atom is 0.0747 e. The Balaban J connectivity index is 2.17. The Labute approximate surface area is 99.0 Å². The molecule has 0 radical (unpaired) electrons. The molecule has 17 heavy (non-hydrogen) atoms. The van der Waals surface area contributed by atoms with Gasteiger partial charge in [-0.25, -0.2) is 0 Å². The van der Waals surface area contributed by atoms with Crippen LogP contribution in [0.4, 0.5) is 0 Å². The van der Waals surface area contributed by atoms with Gasteiger partial charge in [0.05, 0.1) is 11.2 Å². The van der Waals surface area contributed by atoms with Crippen LogP contribution in [0.15, 0.2) is 48.8 Å². The summed E-state index contributed by atoms with van der Waals surface area (Å²) in [7, 11) is 0. The van der Waals surface area contributed by atoms with E-state index in [1.54, 1.807) is 0 Å². The van der Waals surface area contributed by atoms with Gasteiger partial charge < -0.3 is 0 Å². The summed E-state index contributed by atoms with van der Waals surface area (Å²) in [5, 5.41) is 1.21. The van der Waals surface area contributed by atoms with Crippen LogP contribution in [0, 0.1) is 0 Å². The molecule has 0 unspecified atom stereocenters. The fourth-order valence-electron chi connectivity index (χ4n) is 2.61. The maximum absolute atomic E-state index is 4.52. The third-order valence-electron chi connectivity index (χ3n) is 3.36. The van der Waals surface area contributed by atoms with Gasteiger partial charge in [-0.3, -0.25) is 9.97 Å². The molecule has 0 spiro atoms. The van der Waals surface area contributed by atoms with Crippen molar-refractivity contribution in [2.24, 2.45) is 0 Å². The molecule has 4 rings (SSSR count). The van der Waals surface area contributed by atoms with Crippen molar-refractivity contribution in [3.8, 4) is 11.3 Å². The monoisotopic (exact) mass is 218 g/mol. The normalized spacial score (nSPS) is 12.5. The van der Waals surface area contributed by atoms with Crippen LogP contribution in [0.25, 0.3) is 22.2 Å². The minimum atomic E-state index is 0.955. The van der Waals surface area contributed by atoms with E-state index in [1.165, 1.54) is 22.1 Å². The van der Waals surface area contributed by atoms with Gasteiger partial charge in [-0.1, -0.05) is 24.3 Å². The van der Waals surface area contributed by atoms with Crippen molar-refractivity contribution in [2.75, 3.05) is 0 Å². The molecule has 2 heterocycles. The van der Waals surface area contributed by atoms with Gasteiger partial charge in [-0.15, -0.1) is 0 Å². The molecule has 2 nitrogen and oxygen atoms in total. The fraction of sp³-hybridized carbons (Fsp3) is 0.0667. The van der Waals surface area contributed by atoms with Crippen molar-refractivity contribution in [1.29, 1.82) is 0 Å². The Kier molecular flexibility index (Phi) is 1.64. The topological polar surface area (TPSA) is 25.8 Å². The summed E-state index contributed by atoms with van der Waals surface area (Å²) in [6, 6.07) is 12.4. The molecule has 1 aliphatic rings. The van der Waals surface area contributed by atoms with Crippen LogP contribution in [0.2, 0.25) is 0 Å². The van der Waals surface area contributed by atoms with Crippen molar-refractivity contribution in [3.05, 3.63) is 59.9 Å². The summed E-state index contributed by atoms with van der Waals surface area (Å²) in [4.78, 5) is 9.03. The van der Waals surface area contributed by atoms with Crippen LogP contribution < -0.4 is 0 Å². The molecule has 80 valence electrons. The number of fused-ring (bicyclic) bond motifs is 5. The van der Waals surface area contributed by atoms with Crippen molar-refractivity contribution < 1.29 is 0 Å². The molecule has 0 fully saturated rings. The summed E-state index contributed by atoms with van der Waals surface area (Å²) in [6.07, 6.45) is 4.80. The minimum absolute atomic E-state index is 0.955. The van der Waals surface area contributed by atoms with E-state index in [0.29, 0.717) is 0 Å². The lowest BCUT2D eigenvalue weighted by Gasteiger charge is -2.04. The smallest absolute Gasteiger partial charge is 0.0747 e. The van der Waals surface area contributed by atoms with Crippen LogP contribution in [0.1, 0.15) is 11.1 Å². The first-order valence-electron chi connectivity index (χ1n) is 5.74. The van der Waals surface area contributed by atoms with Gasteiger partial charge >= 0.3 is 0 Å². The molecule has 0 aliphatic heterocycles. The Morgan fingerprint density at radius 1 is 0.882 bits per heavy atom. The second-order valence-corrected chi connectivity index (χ2v) is 4.36. The molecule has 0 saturated heterocycles. The molecule has 3 aromatic rings. The lowest BCUT2D eigenvalue weighted by atomic mass is 10.1. The van der Waals surface area contributed by atoms with Gasteiger partial charge in [-0.2, -0.15) is 0 Å². The van der Waals surface area contributed by atoms with Crippen LogP contribution in [-0.4, -0.2) is 9.97 Å². The molecule has 0 N–H and O–H groups in total. The average molecular weight is 218 g/mol. The zero-order chi connectivity index (χ0) is 11.2. The van der Waals surface area contributed by atoms with Crippen LogP contribution in [0.3, 0.4) is 0 Å². The van der Waals surface area contributed by atoms with Crippen molar-refractivity contribution in [1.82, 2.24) is 9.97 Å². The molecule has 0 saturated carbocycles. The first kappa shape index (κ1) is 8.88. The third kappa shape index (κ3) is 1.15. The second-order valence-electron chi connectivity index (χ2n) is 4.36. The molecule has 1 aliphatic carbocycles. The molecule has 2 heteroatoms. The number of aromatic nitrogens is 2. The number of nitrogens with zero attached hydrogens (tertiary/aromatic N) is 2. The molecule has 0 bridgehead atoms. The molecule has 2 aromatic heterocycles. The van der Waals surface area contributed by atoms with Gasteiger partial charge in [0.2, 0.25) is 0 Å². The fourth-order valence-corrected chi connectivity index (χ4v) is 2.61. The Hall–Kier alpha value is -2.22. The summed E-state index contributed by atoms with van der Waals surface area (Å²) in [5.74, 6) is 0. The zero-order valence-electron chi connectivity index (χ0n) is 9.22. The number of hydrogen-bond donors (Lipinski definition) is 0. The van der Waals surface area contributed by atoms with E-state index >= 15 is 0 Å². The first-order valence-corrected chi connectivity index (χ1v) is 5.74. The first-order chi connectivity index (χ1) is 8.43. The van der Waals surface area contributed by atoms with Crippen molar-refractivity contribution >= 4 is 10.9 Å². The van der Waals surface area contributed by atoms with Crippen LogP contribution >= 0.6 is 0 Å².